The highest BCUT2D eigenvalue weighted by atomic mass is 16.1. The van der Waals surface area contributed by atoms with Crippen LogP contribution in [0.15, 0.2) is 15.2 Å². The lowest BCUT2D eigenvalue weighted by molar-refractivity contribution is 0.282. The summed E-state index contributed by atoms with van der Waals surface area (Å²) in [5.74, 6) is 0. The molecule has 0 aromatic carbocycles. The van der Waals surface area contributed by atoms with Crippen LogP contribution >= 0.6 is 0 Å². The molecule has 0 spiro atoms. The van der Waals surface area contributed by atoms with Gasteiger partial charge in [0.2, 0.25) is 6.08 Å². The average Bonchev–Trinajstić information content (AvgIpc) is 2.29. The van der Waals surface area contributed by atoms with Crippen LogP contribution in [0.25, 0.3) is 0 Å². The van der Waals surface area contributed by atoms with Crippen molar-refractivity contribution in [1.82, 2.24) is 0 Å². The van der Waals surface area contributed by atoms with Crippen molar-refractivity contribution in [2.45, 2.75) is 70.5 Å². The van der Waals surface area contributed by atoms with Gasteiger partial charge in [0.05, 0.1) is 5.54 Å². The number of carbonyl (C=O) groups excluding carboxylic acids is 1. The van der Waals surface area contributed by atoms with Gasteiger partial charge in [-0.25, -0.2) is 4.79 Å². The van der Waals surface area contributed by atoms with Crippen molar-refractivity contribution in [3.05, 3.63) is 0 Å². The predicted molar refractivity (Wildman–Crippen MR) is 63.2 cm³/mol. The number of nitrogens with zero attached hydrogens (tertiary/aromatic N) is 3. The van der Waals surface area contributed by atoms with Crippen LogP contribution in [0.3, 0.4) is 0 Å². The van der Waals surface area contributed by atoms with Crippen molar-refractivity contribution < 1.29 is 4.79 Å². The van der Waals surface area contributed by atoms with Gasteiger partial charge < -0.3 is 0 Å². The predicted octanol–water partition coefficient (Wildman–Crippen LogP) is 3.62. The molecule has 1 fully saturated rings. The Morgan fingerprint density at radius 3 is 2.38 bits per heavy atom. The summed E-state index contributed by atoms with van der Waals surface area (Å²) in [7, 11) is 0. The molecule has 0 aromatic rings. The van der Waals surface area contributed by atoms with Crippen LogP contribution in [0, 0.1) is 0 Å². The highest BCUT2D eigenvalue weighted by Gasteiger charge is 2.32. The monoisotopic (exact) mass is 223 g/mol. The maximum atomic E-state index is 10.5. The largest absolute Gasteiger partial charge is 0.237 e. The number of azo groups is 1. The van der Waals surface area contributed by atoms with Gasteiger partial charge in [-0.1, -0.05) is 13.3 Å². The minimum atomic E-state index is -0.605. The molecular formula is C12H21N3O. The number of hydrogen-bond donors (Lipinski definition) is 0. The van der Waals surface area contributed by atoms with Crippen LogP contribution in [-0.4, -0.2) is 17.3 Å². The van der Waals surface area contributed by atoms with Crippen molar-refractivity contribution in [2.75, 3.05) is 0 Å². The molecule has 1 aliphatic carbocycles. The number of isocyanates is 1. The molecule has 1 saturated carbocycles. The van der Waals surface area contributed by atoms with Crippen LogP contribution < -0.4 is 0 Å². The lowest BCUT2D eigenvalue weighted by atomic mass is 9.90. The van der Waals surface area contributed by atoms with E-state index in [1.807, 2.05) is 13.8 Å². The molecule has 1 aliphatic rings. The standard InChI is InChI=1S/C12H21N3O/c1-4-11(2,3)14-15-12(13-10-16)8-6-5-7-9-12/h4-9H2,1-3H3. The Morgan fingerprint density at radius 1 is 1.25 bits per heavy atom. The Kier molecular flexibility index (Phi) is 4.36. The molecular weight excluding hydrogens is 202 g/mol. The van der Waals surface area contributed by atoms with Gasteiger partial charge in [-0.2, -0.15) is 15.2 Å². The van der Waals surface area contributed by atoms with Gasteiger partial charge in [0.1, 0.15) is 0 Å². The van der Waals surface area contributed by atoms with Crippen molar-refractivity contribution in [3.63, 3.8) is 0 Å². The van der Waals surface area contributed by atoms with Crippen LogP contribution in [0.2, 0.25) is 0 Å². The Balaban J connectivity index is 2.82. The van der Waals surface area contributed by atoms with Gasteiger partial charge in [0.25, 0.3) is 0 Å². The van der Waals surface area contributed by atoms with Gasteiger partial charge in [-0.15, -0.1) is 0 Å². The van der Waals surface area contributed by atoms with Crippen molar-refractivity contribution in [1.29, 1.82) is 0 Å². The van der Waals surface area contributed by atoms with Crippen LogP contribution in [0.4, 0.5) is 0 Å². The molecule has 0 heterocycles. The third-order valence-corrected chi connectivity index (χ3v) is 3.28. The van der Waals surface area contributed by atoms with E-state index in [4.69, 9.17) is 0 Å². The van der Waals surface area contributed by atoms with Crippen LogP contribution in [0.5, 0.6) is 0 Å². The highest BCUT2D eigenvalue weighted by molar-refractivity contribution is 5.34. The molecule has 0 unspecified atom stereocenters. The van der Waals surface area contributed by atoms with Crippen molar-refractivity contribution >= 4 is 6.08 Å². The number of aliphatic imine (C=N–C) groups is 1. The topological polar surface area (TPSA) is 54.1 Å². The SMILES string of the molecule is CCC(C)(C)N=NC1(N=C=O)CCCCC1. The first kappa shape index (κ1) is 13.0. The molecule has 0 aromatic heterocycles. The van der Waals surface area contributed by atoms with E-state index in [1.165, 1.54) is 6.42 Å². The second kappa shape index (κ2) is 5.35. The fourth-order valence-corrected chi connectivity index (χ4v) is 1.74. The molecule has 0 amide bonds. The smallest absolute Gasteiger partial charge is 0.211 e. The third kappa shape index (κ3) is 3.53. The molecule has 4 nitrogen and oxygen atoms in total. The van der Waals surface area contributed by atoms with Crippen molar-refractivity contribution in [3.8, 4) is 0 Å². The van der Waals surface area contributed by atoms with Gasteiger partial charge in [0, 0.05) is 0 Å². The molecule has 0 aliphatic heterocycles. The molecule has 0 N–H and O–H groups in total. The molecule has 1 rings (SSSR count). The zero-order valence-corrected chi connectivity index (χ0v) is 10.5. The van der Waals surface area contributed by atoms with Gasteiger partial charge in [-0.05, 0) is 46.0 Å². The summed E-state index contributed by atoms with van der Waals surface area (Å²) in [6.07, 6.45) is 7.56. The van der Waals surface area contributed by atoms with E-state index in [9.17, 15) is 4.79 Å². The Bertz CT molecular complexity index is 297. The van der Waals surface area contributed by atoms with Gasteiger partial charge >= 0.3 is 0 Å². The Hall–Kier alpha value is -1.02. The van der Waals surface area contributed by atoms with Crippen molar-refractivity contribution in [2.24, 2.45) is 15.2 Å². The lowest BCUT2D eigenvalue weighted by Gasteiger charge is -2.28. The normalized spacial score (nSPS) is 20.7. The van der Waals surface area contributed by atoms with Crippen LogP contribution in [-0.2, 0) is 4.79 Å². The van der Waals surface area contributed by atoms with Gasteiger partial charge in [-0.3, -0.25) is 0 Å². The van der Waals surface area contributed by atoms with E-state index < -0.39 is 5.66 Å². The second-order valence-electron chi connectivity index (χ2n) is 5.11. The highest BCUT2D eigenvalue weighted by Crippen LogP contribution is 2.34. The van der Waals surface area contributed by atoms with E-state index in [0.717, 1.165) is 32.1 Å². The summed E-state index contributed by atoms with van der Waals surface area (Å²) >= 11 is 0. The van der Waals surface area contributed by atoms with Gasteiger partial charge in [0.15, 0.2) is 5.66 Å². The van der Waals surface area contributed by atoms with E-state index in [1.54, 1.807) is 6.08 Å². The first-order valence-corrected chi connectivity index (χ1v) is 6.07. The van der Waals surface area contributed by atoms with E-state index in [2.05, 4.69) is 22.1 Å². The summed E-state index contributed by atoms with van der Waals surface area (Å²) in [5.41, 5.74) is -0.769. The lowest BCUT2D eigenvalue weighted by Crippen LogP contribution is -2.28. The van der Waals surface area contributed by atoms with E-state index in [0.29, 0.717) is 0 Å². The summed E-state index contributed by atoms with van der Waals surface area (Å²) in [5, 5.41) is 8.68. The number of hydrogen-bond acceptors (Lipinski definition) is 4. The molecule has 0 bridgehead atoms. The minimum Gasteiger partial charge on any atom is -0.211 e. The fraction of sp³-hybridized carbons (Fsp3) is 0.917. The quantitative estimate of drug-likeness (QED) is 0.408. The number of rotatable bonds is 4. The summed E-state index contributed by atoms with van der Waals surface area (Å²) < 4.78 is 0. The Morgan fingerprint density at radius 2 is 1.88 bits per heavy atom. The van der Waals surface area contributed by atoms with Crippen LogP contribution in [0.1, 0.15) is 59.3 Å². The second-order valence-corrected chi connectivity index (χ2v) is 5.11. The molecule has 4 heteroatoms. The molecule has 16 heavy (non-hydrogen) atoms. The third-order valence-electron chi connectivity index (χ3n) is 3.28. The zero-order chi connectivity index (χ0) is 12.1. The first-order valence-electron chi connectivity index (χ1n) is 6.07. The zero-order valence-electron chi connectivity index (χ0n) is 10.5. The maximum absolute atomic E-state index is 10.5. The minimum absolute atomic E-state index is 0.164. The van der Waals surface area contributed by atoms with E-state index in [-0.39, 0.29) is 5.54 Å². The summed E-state index contributed by atoms with van der Waals surface area (Å²) in [4.78, 5) is 14.4. The Labute approximate surface area is 97.3 Å². The molecule has 0 radical (unpaired) electrons. The average molecular weight is 223 g/mol. The fourth-order valence-electron chi connectivity index (χ4n) is 1.74. The molecule has 90 valence electrons. The summed E-state index contributed by atoms with van der Waals surface area (Å²) in [6, 6.07) is 0. The summed E-state index contributed by atoms with van der Waals surface area (Å²) in [6.45, 7) is 6.16. The first-order chi connectivity index (χ1) is 7.54. The maximum Gasteiger partial charge on any atom is 0.237 e. The van der Waals surface area contributed by atoms with E-state index >= 15 is 0 Å². The molecule has 0 saturated heterocycles. The molecule has 0 atom stereocenters.